The standard InChI is InChI=1S/C5H10O8S/c6-2-1-12-5(4(8)3(2)7)13-14(9,10)11/h2-8H,1H2,(H,9,10,11)/t2-,3+,4-,5?/m1/s1. The van der Waals surface area contributed by atoms with Crippen LogP contribution in [0.1, 0.15) is 0 Å². The van der Waals surface area contributed by atoms with Crippen LogP contribution in [0.15, 0.2) is 0 Å². The van der Waals surface area contributed by atoms with Crippen molar-refractivity contribution in [3.63, 3.8) is 0 Å². The molecule has 0 aromatic heterocycles. The predicted octanol–water partition coefficient (Wildman–Crippen LogP) is -2.76. The Morgan fingerprint density at radius 1 is 1.21 bits per heavy atom. The van der Waals surface area contributed by atoms with Crippen molar-refractivity contribution in [3.05, 3.63) is 0 Å². The van der Waals surface area contributed by atoms with Gasteiger partial charge < -0.3 is 20.1 Å². The monoisotopic (exact) mass is 230 g/mol. The molecule has 9 heteroatoms. The molecule has 0 amide bonds. The third-order valence-electron chi connectivity index (χ3n) is 1.67. The zero-order valence-corrected chi connectivity index (χ0v) is 7.66. The lowest BCUT2D eigenvalue weighted by Crippen LogP contribution is -2.54. The molecule has 8 nitrogen and oxygen atoms in total. The SMILES string of the molecule is O=S(=O)(O)OC1OC[C@@H](O)[C@H](O)[C@H]1O. The summed E-state index contributed by atoms with van der Waals surface area (Å²) in [5.74, 6) is 0. The normalized spacial score (nSPS) is 39.7. The summed E-state index contributed by atoms with van der Waals surface area (Å²) in [7, 11) is -4.78. The minimum absolute atomic E-state index is 0.404. The summed E-state index contributed by atoms with van der Waals surface area (Å²) in [5, 5.41) is 27.2. The molecule has 1 heterocycles. The average Bonchev–Trinajstić information content (AvgIpc) is 2.04. The van der Waals surface area contributed by atoms with Crippen molar-refractivity contribution < 1.29 is 37.2 Å². The minimum Gasteiger partial charge on any atom is -0.388 e. The van der Waals surface area contributed by atoms with Crippen LogP contribution in [0.25, 0.3) is 0 Å². The molecule has 1 saturated heterocycles. The summed E-state index contributed by atoms with van der Waals surface area (Å²) in [4.78, 5) is 0. The van der Waals surface area contributed by atoms with Crippen molar-refractivity contribution in [2.45, 2.75) is 24.6 Å². The number of aliphatic hydroxyl groups excluding tert-OH is 3. The van der Waals surface area contributed by atoms with Crippen molar-refractivity contribution in [2.75, 3.05) is 6.61 Å². The van der Waals surface area contributed by atoms with Crippen molar-refractivity contribution in [1.29, 1.82) is 0 Å². The lowest BCUT2D eigenvalue weighted by atomic mass is 10.1. The highest BCUT2D eigenvalue weighted by atomic mass is 32.3. The van der Waals surface area contributed by atoms with Crippen molar-refractivity contribution in [2.24, 2.45) is 0 Å². The van der Waals surface area contributed by atoms with Crippen LogP contribution in [0.2, 0.25) is 0 Å². The summed E-state index contributed by atoms with van der Waals surface area (Å²) in [6.45, 7) is -0.404. The van der Waals surface area contributed by atoms with Crippen LogP contribution in [0.4, 0.5) is 0 Å². The quantitative estimate of drug-likeness (QED) is 0.375. The number of aliphatic hydroxyl groups is 3. The van der Waals surface area contributed by atoms with Gasteiger partial charge in [-0.1, -0.05) is 0 Å². The van der Waals surface area contributed by atoms with Crippen molar-refractivity contribution in [3.8, 4) is 0 Å². The van der Waals surface area contributed by atoms with E-state index >= 15 is 0 Å². The zero-order valence-electron chi connectivity index (χ0n) is 6.85. The maximum atomic E-state index is 10.2. The summed E-state index contributed by atoms with van der Waals surface area (Å²) in [5.41, 5.74) is 0. The van der Waals surface area contributed by atoms with Crippen molar-refractivity contribution >= 4 is 10.4 Å². The Labute approximate surface area is 79.6 Å². The Bertz CT molecular complexity index is 286. The van der Waals surface area contributed by atoms with Gasteiger partial charge in [-0.25, -0.2) is 4.18 Å². The molecular formula is C5H10O8S. The summed E-state index contributed by atoms with van der Waals surface area (Å²) in [6.07, 6.45) is -6.38. The van der Waals surface area contributed by atoms with Gasteiger partial charge in [0.2, 0.25) is 6.29 Å². The van der Waals surface area contributed by atoms with E-state index in [1.54, 1.807) is 0 Å². The van der Waals surface area contributed by atoms with E-state index in [-0.39, 0.29) is 0 Å². The van der Waals surface area contributed by atoms with E-state index in [9.17, 15) is 8.42 Å². The lowest BCUT2D eigenvalue weighted by Gasteiger charge is -2.33. The molecule has 0 bridgehead atoms. The molecule has 0 saturated carbocycles. The Balaban J connectivity index is 2.64. The molecule has 0 aliphatic carbocycles. The van der Waals surface area contributed by atoms with Gasteiger partial charge in [0.05, 0.1) is 6.61 Å². The molecule has 1 rings (SSSR count). The lowest BCUT2D eigenvalue weighted by molar-refractivity contribution is -0.242. The van der Waals surface area contributed by atoms with E-state index in [0.29, 0.717) is 0 Å². The summed E-state index contributed by atoms with van der Waals surface area (Å²) < 4.78 is 37.1. The van der Waals surface area contributed by atoms with Gasteiger partial charge in [0.1, 0.15) is 18.3 Å². The second-order valence-corrected chi connectivity index (χ2v) is 3.82. The number of hydrogen-bond acceptors (Lipinski definition) is 7. The Morgan fingerprint density at radius 3 is 2.29 bits per heavy atom. The molecule has 0 radical (unpaired) electrons. The fraction of sp³-hybridized carbons (Fsp3) is 1.00. The highest BCUT2D eigenvalue weighted by molar-refractivity contribution is 7.80. The molecule has 84 valence electrons. The highest BCUT2D eigenvalue weighted by Crippen LogP contribution is 2.17. The van der Waals surface area contributed by atoms with Crippen LogP contribution < -0.4 is 0 Å². The van der Waals surface area contributed by atoms with E-state index in [0.717, 1.165) is 0 Å². The van der Waals surface area contributed by atoms with Gasteiger partial charge >= 0.3 is 10.4 Å². The van der Waals surface area contributed by atoms with E-state index in [4.69, 9.17) is 19.9 Å². The first-order valence-corrected chi connectivity index (χ1v) is 4.99. The van der Waals surface area contributed by atoms with Crippen molar-refractivity contribution in [1.82, 2.24) is 0 Å². The van der Waals surface area contributed by atoms with Gasteiger partial charge in [0.15, 0.2) is 0 Å². The number of rotatable bonds is 2. The molecule has 1 fully saturated rings. The predicted molar refractivity (Wildman–Crippen MR) is 40.4 cm³/mol. The molecule has 14 heavy (non-hydrogen) atoms. The molecule has 4 N–H and O–H groups in total. The molecular weight excluding hydrogens is 220 g/mol. The van der Waals surface area contributed by atoms with E-state index in [2.05, 4.69) is 8.92 Å². The molecule has 0 spiro atoms. The van der Waals surface area contributed by atoms with Gasteiger partial charge in [-0.05, 0) is 0 Å². The smallest absolute Gasteiger partial charge is 0.388 e. The van der Waals surface area contributed by atoms with Crippen LogP contribution in [0.3, 0.4) is 0 Å². The first-order valence-electron chi connectivity index (χ1n) is 3.63. The fourth-order valence-electron chi connectivity index (χ4n) is 0.984. The first kappa shape index (κ1) is 11.8. The van der Waals surface area contributed by atoms with E-state index < -0.39 is 41.6 Å². The second kappa shape index (κ2) is 4.06. The Morgan fingerprint density at radius 2 is 1.79 bits per heavy atom. The van der Waals surface area contributed by atoms with Crippen LogP contribution in [-0.4, -0.2) is 59.5 Å². The molecule has 0 aromatic carbocycles. The van der Waals surface area contributed by atoms with Gasteiger partial charge in [-0.3, -0.25) is 4.55 Å². The Hall–Kier alpha value is -0.290. The summed E-state index contributed by atoms with van der Waals surface area (Å²) in [6, 6.07) is 0. The number of hydrogen-bond donors (Lipinski definition) is 4. The molecule has 1 aliphatic rings. The minimum atomic E-state index is -4.78. The van der Waals surface area contributed by atoms with Gasteiger partial charge in [0, 0.05) is 0 Å². The van der Waals surface area contributed by atoms with Crippen LogP contribution in [0, 0.1) is 0 Å². The molecule has 1 aliphatic heterocycles. The zero-order chi connectivity index (χ0) is 10.9. The molecule has 0 aromatic rings. The fourth-order valence-corrected chi connectivity index (χ4v) is 1.39. The van der Waals surface area contributed by atoms with Crippen LogP contribution in [-0.2, 0) is 19.3 Å². The average molecular weight is 230 g/mol. The Kier molecular flexibility index (Phi) is 3.42. The molecule has 1 unspecified atom stereocenters. The van der Waals surface area contributed by atoms with E-state index in [1.807, 2.05) is 0 Å². The topological polar surface area (TPSA) is 134 Å². The van der Waals surface area contributed by atoms with Crippen LogP contribution in [0.5, 0.6) is 0 Å². The van der Waals surface area contributed by atoms with E-state index in [1.165, 1.54) is 0 Å². The van der Waals surface area contributed by atoms with Crippen LogP contribution >= 0.6 is 0 Å². The second-order valence-electron chi connectivity index (χ2n) is 2.77. The summed E-state index contributed by atoms with van der Waals surface area (Å²) >= 11 is 0. The third kappa shape index (κ3) is 2.85. The maximum Gasteiger partial charge on any atom is 0.399 e. The highest BCUT2D eigenvalue weighted by Gasteiger charge is 2.40. The van der Waals surface area contributed by atoms with Gasteiger partial charge in [-0.15, -0.1) is 0 Å². The third-order valence-corrected chi connectivity index (χ3v) is 2.10. The first-order chi connectivity index (χ1) is 6.31. The van der Waals surface area contributed by atoms with Gasteiger partial charge in [-0.2, -0.15) is 8.42 Å². The largest absolute Gasteiger partial charge is 0.399 e. The van der Waals surface area contributed by atoms with Gasteiger partial charge in [0.25, 0.3) is 0 Å². The molecule has 4 atom stereocenters. The maximum absolute atomic E-state index is 10.2. The number of ether oxygens (including phenoxy) is 1.